The van der Waals surface area contributed by atoms with Crippen molar-refractivity contribution in [2.75, 3.05) is 68.8 Å². The van der Waals surface area contributed by atoms with E-state index >= 15 is 0 Å². The number of hydrogen-bond acceptors (Lipinski definition) is 15. The van der Waals surface area contributed by atoms with E-state index < -0.39 is 84.6 Å². The molecule has 456 valence electrons. The van der Waals surface area contributed by atoms with Crippen molar-refractivity contribution in [3.05, 3.63) is 35.9 Å². The molecule has 0 aliphatic carbocycles. The first-order chi connectivity index (χ1) is 37.9. The van der Waals surface area contributed by atoms with Crippen molar-refractivity contribution in [2.45, 2.75) is 200 Å². The number of nitrogens with one attached hydrogen (secondary N) is 4. The van der Waals surface area contributed by atoms with Gasteiger partial charge in [0.25, 0.3) is 0 Å². The molecule has 3 unspecified atom stereocenters. The van der Waals surface area contributed by atoms with Crippen molar-refractivity contribution in [1.29, 1.82) is 0 Å². The highest BCUT2D eigenvalue weighted by Crippen LogP contribution is 2.30. The number of likely N-dealkylation sites (N-methyl/N-ethyl adjacent to an activating group) is 2. The van der Waals surface area contributed by atoms with Crippen LogP contribution >= 0.6 is 0 Å². The van der Waals surface area contributed by atoms with Crippen molar-refractivity contribution >= 4 is 47.2 Å². The second-order valence-corrected chi connectivity index (χ2v) is 22.3. The zero-order valence-corrected chi connectivity index (χ0v) is 50.9. The van der Waals surface area contributed by atoms with Gasteiger partial charge in [0, 0.05) is 67.1 Å². The number of Topliss-reactive ketones (excluding diaryl/α,β-unsaturated/α-hetero) is 1. The minimum atomic E-state index is -0.959. The lowest BCUT2D eigenvalue weighted by atomic mass is 9.89. The number of ether oxygens (including phenoxy) is 5. The molecule has 21 heteroatoms. The Morgan fingerprint density at radius 2 is 1.44 bits per heavy atom. The predicted octanol–water partition coefficient (Wildman–Crippen LogP) is 4.20. The highest BCUT2D eigenvalue weighted by molar-refractivity contribution is 5.91. The number of ketones is 1. The lowest BCUT2D eigenvalue weighted by Crippen LogP contribution is -2.59. The number of amides is 6. The first-order valence-corrected chi connectivity index (χ1v) is 28.9. The normalized spacial score (nSPS) is 17.7. The number of rotatable bonds is 39. The first-order valence-electron chi connectivity index (χ1n) is 28.9. The number of aliphatic hydroxyl groups excluding tert-OH is 1. The molecule has 1 saturated heterocycles. The summed E-state index contributed by atoms with van der Waals surface area (Å²) in [6, 6.07) is 5.35. The van der Waals surface area contributed by atoms with E-state index in [9.17, 15) is 43.5 Å². The number of aliphatic hydroxyl groups is 1. The average Bonchev–Trinajstić information content (AvgIpc) is 3.92. The van der Waals surface area contributed by atoms with Crippen LogP contribution in [-0.4, -0.2) is 197 Å². The first kappa shape index (κ1) is 71.0. The minimum absolute atomic E-state index is 0.00839. The van der Waals surface area contributed by atoms with Crippen molar-refractivity contribution in [2.24, 2.45) is 23.7 Å². The molecule has 0 radical (unpaired) electrons. The quantitative estimate of drug-likeness (QED) is 0.0352. The Hall–Kier alpha value is -5.06. The molecule has 80 heavy (non-hydrogen) atoms. The fourth-order valence-corrected chi connectivity index (χ4v) is 10.4. The summed E-state index contributed by atoms with van der Waals surface area (Å²) in [5.41, 5.74) is 0.827. The third-order valence-electron chi connectivity index (χ3n) is 15.3. The monoisotopic (exact) mass is 1130 g/mol. The van der Waals surface area contributed by atoms with E-state index in [-0.39, 0.29) is 105 Å². The summed E-state index contributed by atoms with van der Waals surface area (Å²) in [6.45, 7) is 17.2. The lowest BCUT2D eigenvalue weighted by Gasteiger charge is -2.41. The van der Waals surface area contributed by atoms with Crippen LogP contribution in [0.1, 0.15) is 139 Å². The number of likely N-dealkylation sites (tertiary alicyclic amines) is 1. The Kier molecular flexibility index (Phi) is 33.0. The van der Waals surface area contributed by atoms with E-state index in [4.69, 9.17) is 23.7 Å². The predicted molar refractivity (Wildman–Crippen MR) is 305 cm³/mol. The molecule has 1 aromatic carbocycles. The number of nitrogens with zero attached hydrogens (tertiary/aromatic N) is 3. The summed E-state index contributed by atoms with van der Waals surface area (Å²) >= 11 is 0. The van der Waals surface area contributed by atoms with Crippen molar-refractivity contribution in [1.82, 2.24) is 36.0 Å². The largest absolute Gasteiger partial charge is 0.460 e. The van der Waals surface area contributed by atoms with Gasteiger partial charge in [-0.05, 0) is 82.9 Å². The van der Waals surface area contributed by atoms with Crippen molar-refractivity contribution in [3.8, 4) is 0 Å². The average molecular weight is 1130 g/mol. The second-order valence-electron chi connectivity index (χ2n) is 22.3. The van der Waals surface area contributed by atoms with Crippen LogP contribution in [0.4, 0.5) is 0 Å². The van der Waals surface area contributed by atoms with Gasteiger partial charge < -0.3 is 59.9 Å². The molecule has 1 fully saturated rings. The molecule has 2 rings (SSSR count). The van der Waals surface area contributed by atoms with E-state index in [1.807, 2.05) is 97.8 Å². The van der Waals surface area contributed by atoms with Crippen LogP contribution in [0.2, 0.25) is 0 Å². The highest BCUT2D eigenvalue weighted by Gasteiger charge is 2.44. The molecule has 21 nitrogen and oxygen atoms in total. The van der Waals surface area contributed by atoms with Crippen LogP contribution < -0.4 is 21.3 Å². The Labute approximate surface area is 477 Å². The number of hydrogen-bond donors (Lipinski definition) is 5. The molecular weight excluding hydrogens is 1030 g/mol. The van der Waals surface area contributed by atoms with E-state index in [1.165, 1.54) is 21.3 Å². The number of methoxy groups -OCH3 is 3. The van der Waals surface area contributed by atoms with Gasteiger partial charge in [-0.1, -0.05) is 92.1 Å². The third-order valence-corrected chi connectivity index (χ3v) is 15.3. The van der Waals surface area contributed by atoms with Crippen molar-refractivity contribution in [3.63, 3.8) is 0 Å². The SMILES string of the molecule is CCC(CO)OC(COC(=O)CCCC(=O)NC(C)C(=O)CCCCNC(=O)[C@H](Cc1ccccc1)NC(=O)[C@H](C)[C@@H](OC)[C@@H]1CCCN1C(=O)C[C@@H](OC)[C@H]([C@@H](C)CC)N(C)C(=O)[C@@H](NC(=O)[C@H](C(C)C)N(C)C)C(C)C)OC. The van der Waals surface area contributed by atoms with E-state index in [0.717, 1.165) is 5.56 Å². The van der Waals surface area contributed by atoms with Crippen LogP contribution in [0, 0.1) is 23.7 Å². The van der Waals surface area contributed by atoms with Crippen LogP contribution in [0.25, 0.3) is 0 Å². The van der Waals surface area contributed by atoms with E-state index in [1.54, 1.807) is 30.7 Å². The maximum atomic E-state index is 14.5. The minimum Gasteiger partial charge on any atom is -0.460 e. The molecule has 1 aromatic rings. The van der Waals surface area contributed by atoms with Gasteiger partial charge in [-0.3, -0.25) is 43.3 Å². The molecule has 0 spiro atoms. The van der Waals surface area contributed by atoms with Gasteiger partial charge in [-0.25, -0.2) is 0 Å². The molecule has 12 atom stereocenters. The molecule has 1 aliphatic heterocycles. The zero-order chi connectivity index (χ0) is 60.2. The van der Waals surface area contributed by atoms with Crippen molar-refractivity contribution < 1.29 is 67.1 Å². The van der Waals surface area contributed by atoms with Gasteiger partial charge in [0.1, 0.15) is 18.7 Å². The van der Waals surface area contributed by atoms with Crippen LogP contribution in [0.5, 0.6) is 0 Å². The Balaban J connectivity index is 2.07. The van der Waals surface area contributed by atoms with Gasteiger partial charge in [0.2, 0.25) is 35.4 Å². The Morgan fingerprint density at radius 3 is 2.00 bits per heavy atom. The van der Waals surface area contributed by atoms with Crippen LogP contribution in [0.15, 0.2) is 30.3 Å². The van der Waals surface area contributed by atoms with Gasteiger partial charge in [-0.2, -0.15) is 0 Å². The number of benzene rings is 1. The van der Waals surface area contributed by atoms with Crippen LogP contribution in [0.3, 0.4) is 0 Å². The Bertz CT molecular complexity index is 2050. The Morgan fingerprint density at radius 1 is 0.762 bits per heavy atom. The zero-order valence-electron chi connectivity index (χ0n) is 50.9. The maximum absolute atomic E-state index is 14.5. The molecule has 6 amide bonds. The standard InChI is InChI=1S/C59H101N7O14/c1-16-39(7)54(65(12)59(75)52(37(3)4)63-58(74)53(38(5)6)64(10)11)47(76-13)34-49(70)66-32-24-27-45(66)55(78-15)40(8)56(72)62-44(33-42-25-19-18-20-26-42)57(73)60-31-22-21-28-46(68)41(9)61-48(69)29-23-30-50(71)79-36-51(77-14)80-43(17-2)35-67/h18-20,25-26,37-41,43-45,47,51-55,67H,16-17,21-24,27-36H2,1-15H3,(H,60,73)(H,61,69)(H,62,72)(H,63,74)/t39-,40+,41?,43?,44-,45-,47+,51?,52-,53-,54-,55+/m0/s1. The molecule has 0 aromatic heterocycles. The van der Waals surface area contributed by atoms with E-state index in [2.05, 4.69) is 21.3 Å². The molecule has 5 N–H and O–H groups in total. The highest BCUT2D eigenvalue weighted by atomic mass is 16.7. The molecule has 1 heterocycles. The number of carbonyl (C=O) groups is 8. The topological polar surface area (TPSA) is 261 Å². The summed E-state index contributed by atoms with van der Waals surface area (Å²) in [6.07, 6.45) is 1.17. The molecule has 1 aliphatic rings. The van der Waals surface area contributed by atoms with Gasteiger partial charge in [0.15, 0.2) is 12.1 Å². The second kappa shape index (κ2) is 37.1. The summed E-state index contributed by atoms with van der Waals surface area (Å²) in [5, 5.41) is 20.9. The molecule has 0 bridgehead atoms. The fraction of sp³-hybridized carbons (Fsp3) is 0.763. The van der Waals surface area contributed by atoms with Gasteiger partial charge in [0.05, 0.1) is 61.4 Å². The maximum Gasteiger partial charge on any atom is 0.305 e. The smallest absolute Gasteiger partial charge is 0.305 e. The third kappa shape index (κ3) is 23.1. The van der Waals surface area contributed by atoms with Crippen LogP contribution in [-0.2, 0) is 68.5 Å². The molecular formula is C59H101N7O14. The summed E-state index contributed by atoms with van der Waals surface area (Å²) in [4.78, 5) is 114. The summed E-state index contributed by atoms with van der Waals surface area (Å²) < 4.78 is 28.0. The fourth-order valence-electron chi connectivity index (χ4n) is 10.4. The van der Waals surface area contributed by atoms with Gasteiger partial charge in [-0.15, -0.1) is 0 Å². The van der Waals surface area contributed by atoms with E-state index in [0.29, 0.717) is 45.1 Å². The summed E-state index contributed by atoms with van der Waals surface area (Å²) in [5.74, 6) is -3.74. The van der Waals surface area contributed by atoms with Gasteiger partial charge >= 0.3 is 5.97 Å². The molecule has 0 saturated carbocycles. The lowest BCUT2D eigenvalue weighted by molar-refractivity contribution is -0.194. The number of unbranched alkanes of at least 4 members (excludes halogenated alkanes) is 1. The number of carbonyl (C=O) groups excluding carboxylic acids is 8. The summed E-state index contributed by atoms with van der Waals surface area (Å²) in [7, 11) is 9.83. The number of esters is 1.